The van der Waals surface area contributed by atoms with Gasteiger partial charge < -0.3 is 34.4 Å². The van der Waals surface area contributed by atoms with E-state index in [1.54, 1.807) is 101 Å². The van der Waals surface area contributed by atoms with Crippen LogP contribution >= 0.6 is 44.9 Å². The van der Waals surface area contributed by atoms with Gasteiger partial charge in [0.1, 0.15) is 59.7 Å². The van der Waals surface area contributed by atoms with Crippen molar-refractivity contribution in [3.63, 3.8) is 0 Å². The average molecular weight is 1440 g/mol. The summed E-state index contributed by atoms with van der Waals surface area (Å²) in [6.07, 6.45) is -22.2. The summed E-state index contributed by atoms with van der Waals surface area (Å²) >= 11 is 1.48. The number of hydrogen-bond donors (Lipinski definition) is 3. The second-order valence-electron chi connectivity index (χ2n) is 21.4. The summed E-state index contributed by atoms with van der Waals surface area (Å²) in [5.41, 5.74) is -2.59. The number of aryl methyl sites for hydroxylation is 1. The molecule has 0 spiro atoms. The number of nitrogens with zero attached hydrogens (tertiary/aromatic N) is 6. The Hall–Kier alpha value is -7.97. The van der Waals surface area contributed by atoms with Gasteiger partial charge in [0.05, 0.1) is 11.1 Å². The Morgan fingerprint density at radius 3 is 1.27 bits per heavy atom. The number of anilines is 6. The summed E-state index contributed by atoms with van der Waals surface area (Å²) in [4.78, 5) is 22.6. The normalized spacial score (nSPS) is 12.4. The largest absolute Gasteiger partial charge is 0.438 e. The predicted octanol–water partition coefficient (Wildman–Crippen LogP) is 19.2. The lowest BCUT2D eigenvalue weighted by Crippen LogP contribution is -2.11. The van der Waals surface area contributed by atoms with Crippen molar-refractivity contribution in [2.24, 2.45) is 0 Å². The second kappa shape index (κ2) is 29.6. The van der Waals surface area contributed by atoms with E-state index in [1.807, 2.05) is 31.2 Å². The van der Waals surface area contributed by atoms with Gasteiger partial charge in [0.25, 0.3) is 0 Å². The Morgan fingerprint density at radius 1 is 0.442 bits per heavy atom. The fourth-order valence-electron chi connectivity index (χ4n) is 7.89. The molecule has 0 radical (unpaired) electrons. The third-order valence-corrected chi connectivity index (χ3v) is 19.5. The van der Waals surface area contributed by atoms with Crippen molar-refractivity contribution < 1.29 is 88.7 Å². The lowest BCUT2D eigenvalue weighted by atomic mass is 10.1. The molecule has 0 aliphatic carbocycles. The van der Waals surface area contributed by atoms with E-state index in [1.165, 1.54) is 18.2 Å². The van der Waals surface area contributed by atoms with E-state index in [0.29, 0.717) is 69.7 Å². The first kappa shape index (κ1) is 74.4. The van der Waals surface area contributed by atoms with Crippen LogP contribution in [0.5, 0.6) is 11.6 Å². The monoisotopic (exact) mass is 1440 g/mol. The van der Waals surface area contributed by atoms with Gasteiger partial charge in [-0.1, -0.05) is 42.1 Å². The van der Waals surface area contributed by atoms with E-state index >= 15 is 0 Å². The van der Waals surface area contributed by atoms with Crippen LogP contribution in [0.3, 0.4) is 0 Å². The van der Waals surface area contributed by atoms with E-state index in [9.17, 15) is 83.9 Å². The summed E-state index contributed by atoms with van der Waals surface area (Å²) in [5, 5.41) is 9.52. The molecule has 0 unspecified atom stereocenters. The first-order chi connectivity index (χ1) is 43.9. The zero-order valence-corrected chi connectivity index (χ0v) is 54.6. The maximum atomic E-state index is 13.6. The van der Waals surface area contributed by atoms with Gasteiger partial charge in [-0.25, -0.2) is 29.3 Å². The molecule has 0 aliphatic rings. The Labute approximate surface area is 540 Å². The maximum absolute atomic E-state index is 13.6. The highest BCUT2D eigenvalue weighted by atomic mass is 32.2. The zero-order chi connectivity index (χ0) is 70.3. The SMILES string of the molecule is CP(C)(=O)c1ccc(Nc2ncc(C(F)(F)F)c(Oc3cc(F)cc(C(F)(F)F)c3)n2)cc1.CP(C)(=O)c1ccc(Nc2ncc(C(F)(F)F)c(Sc3cccc(C(F)(F)F)c3)n2)cc1.Cc1ccccc1CSc1nc(Nc2ccc(P(C)(C)=O)cc2)ncc1C(F)(F)F. The van der Waals surface area contributed by atoms with E-state index < -0.39 is 103 Å². The average Bonchev–Trinajstić information content (AvgIpc) is 0.816. The number of rotatable bonds is 16. The van der Waals surface area contributed by atoms with Gasteiger partial charge in [-0.3, -0.25) is 0 Å². The van der Waals surface area contributed by atoms with Crippen LogP contribution in [0.2, 0.25) is 0 Å². The summed E-state index contributed by atoms with van der Waals surface area (Å²) < 4.78 is 253. The molecular weight excluding hydrogens is 1380 g/mol. The standard InChI is InChI=1S/C21H21F3N3OPS.C20H15F7N3O2P.C20H16F6N3OPS/c1-14-6-4-5-7-15(14)13-30-19-18(21(22,23)24)12-25-20(27-19)26-16-8-10-17(11-9-16)29(2,3)28;1-33(2,31)15-5-3-13(4-6-15)29-18-28-10-16(20(25,26)27)17(30-18)32-14-8-11(19(22,23)24)7-12(21)9-14;1-31(2,30)14-8-6-13(7-9-14)28-18-27-11-16(20(24,25)26)17(29-18)32-15-5-3-4-12(10-15)19(21,22)23/h4-12H,13H2,1-3H3,(H,25,26,27);3-10H,1-2H3,(H,28,29,30);3-11H,1-2H3,(H,27,28,29). The highest BCUT2D eigenvalue weighted by molar-refractivity contribution is 7.99. The molecule has 0 aliphatic heterocycles. The number of benzene rings is 6. The molecule has 0 saturated carbocycles. The highest BCUT2D eigenvalue weighted by Gasteiger charge is 2.39. The Morgan fingerprint density at radius 2 is 0.853 bits per heavy atom. The van der Waals surface area contributed by atoms with Gasteiger partial charge in [0.15, 0.2) is 0 Å². The summed E-state index contributed by atoms with van der Waals surface area (Å²) in [6.45, 7) is 11.6. The molecule has 34 heteroatoms. The first-order valence-corrected chi connectivity index (χ1v) is 36.7. The van der Waals surface area contributed by atoms with Crippen LogP contribution in [0.15, 0.2) is 173 Å². The number of thioether (sulfide) groups is 1. The van der Waals surface area contributed by atoms with E-state index in [4.69, 9.17) is 4.74 Å². The second-order valence-corrected chi connectivity index (χ2v) is 33.1. The van der Waals surface area contributed by atoms with Crippen LogP contribution in [-0.4, -0.2) is 69.9 Å². The Balaban J connectivity index is 0.000000202. The molecule has 9 rings (SSSR count). The number of alkyl halides is 15. The molecular formula is C61H52F16N9O4P3S2. The molecule has 9 aromatic rings. The van der Waals surface area contributed by atoms with Crippen molar-refractivity contribution in [2.75, 3.05) is 55.9 Å². The molecule has 13 nitrogen and oxygen atoms in total. The van der Waals surface area contributed by atoms with Crippen molar-refractivity contribution in [3.05, 3.63) is 203 Å². The van der Waals surface area contributed by atoms with Gasteiger partial charge in [-0.15, -0.1) is 11.8 Å². The lowest BCUT2D eigenvalue weighted by molar-refractivity contribution is -0.141. The molecule has 504 valence electrons. The first-order valence-electron chi connectivity index (χ1n) is 27.1. The predicted molar refractivity (Wildman–Crippen MR) is 335 cm³/mol. The molecule has 0 bridgehead atoms. The molecule has 0 saturated heterocycles. The van der Waals surface area contributed by atoms with Gasteiger partial charge >= 0.3 is 30.9 Å². The van der Waals surface area contributed by atoms with Crippen molar-refractivity contribution in [2.45, 2.75) is 58.5 Å². The number of hydrogen-bond acceptors (Lipinski definition) is 15. The lowest BCUT2D eigenvalue weighted by Gasteiger charge is -2.15. The highest BCUT2D eigenvalue weighted by Crippen LogP contribution is 2.44. The van der Waals surface area contributed by atoms with Crippen LogP contribution in [-0.2, 0) is 50.3 Å². The maximum Gasteiger partial charge on any atom is 0.423 e. The third kappa shape index (κ3) is 21.8. The van der Waals surface area contributed by atoms with Crippen LogP contribution in [0.1, 0.15) is 38.9 Å². The van der Waals surface area contributed by atoms with Gasteiger partial charge in [-0.05, 0) is 161 Å². The van der Waals surface area contributed by atoms with Crippen LogP contribution < -0.4 is 36.6 Å². The summed E-state index contributed by atoms with van der Waals surface area (Å²) in [7, 11) is -7.39. The van der Waals surface area contributed by atoms with Crippen molar-refractivity contribution in [1.29, 1.82) is 0 Å². The van der Waals surface area contributed by atoms with Crippen molar-refractivity contribution in [3.8, 4) is 11.6 Å². The van der Waals surface area contributed by atoms with Crippen molar-refractivity contribution in [1.82, 2.24) is 29.9 Å². The topological polar surface area (TPSA) is 174 Å². The molecule has 95 heavy (non-hydrogen) atoms. The van der Waals surface area contributed by atoms with E-state index in [2.05, 4.69) is 45.9 Å². The minimum Gasteiger partial charge on any atom is -0.438 e. The summed E-state index contributed by atoms with van der Waals surface area (Å²) in [6, 6.07) is 31.9. The van der Waals surface area contributed by atoms with Gasteiger partial charge in [0, 0.05) is 68.3 Å². The molecule has 0 fully saturated rings. The van der Waals surface area contributed by atoms with Crippen LogP contribution in [0, 0.1) is 12.7 Å². The quantitative estimate of drug-likeness (QED) is 0.0361. The van der Waals surface area contributed by atoms with Gasteiger partial charge in [-0.2, -0.15) is 70.8 Å². The summed E-state index contributed by atoms with van der Waals surface area (Å²) in [5.74, 6) is -3.41. The van der Waals surface area contributed by atoms with Gasteiger partial charge in [0.2, 0.25) is 23.7 Å². The van der Waals surface area contributed by atoms with Crippen molar-refractivity contribution >= 4 is 95.8 Å². The molecule has 0 atom stereocenters. The molecule has 3 aromatic heterocycles. The number of nitrogens with one attached hydrogen (secondary N) is 3. The smallest absolute Gasteiger partial charge is 0.423 e. The number of halogens is 16. The molecule has 6 aromatic carbocycles. The minimum atomic E-state index is -5.00. The van der Waals surface area contributed by atoms with Crippen LogP contribution in [0.4, 0.5) is 105 Å². The fraction of sp³-hybridized carbons (Fsp3) is 0.213. The Kier molecular flexibility index (Phi) is 23.2. The third-order valence-electron chi connectivity index (χ3n) is 12.8. The minimum absolute atomic E-state index is 0.0547. The molecule has 3 N–H and O–H groups in total. The zero-order valence-electron chi connectivity index (χ0n) is 50.2. The van der Waals surface area contributed by atoms with E-state index in [0.717, 1.165) is 52.6 Å². The molecule has 3 heterocycles. The molecule has 0 amide bonds. The fourth-order valence-corrected chi connectivity index (χ4v) is 12.5. The Bertz CT molecular complexity index is 4320. The number of aromatic nitrogens is 6. The van der Waals surface area contributed by atoms with E-state index in [-0.39, 0.29) is 33.8 Å². The van der Waals surface area contributed by atoms with Crippen LogP contribution in [0.25, 0.3) is 0 Å². The number of ether oxygens (including phenoxy) is 1.